The molecule has 1 N–H and O–H groups in total. The Hall–Kier alpha value is -1.97. The van der Waals surface area contributed by atoms with E-state index in [9.17, 15) is 4.79 Å². The maximum atomic E-state index is 11.8. The summed E-state index contributed by atoms with van der Waals surface area (Å²) in [5.41, 5.74) is 3.37. The number of hydrogen-bond donors (Lipinski definition) is 1. The number of unbranched alkanes of at least 4 members (excludes halogenated alkanes) is 3. The van der Waals surface area contributed by atoms with Crippen molar-refractivity contribution in [2.24, 2.45) is 0 Å². The number of alkyl carbamates (subject to hydrolysis) is 1. The molecule has 0 spiro atoms. The molecule has 1 aromatic carbocycles. The quantitative estimate of drug-likeness (QED) is 0.517. The molecule has 2 rings (SSSR count). The molecule has 1 unspecified atom stereocenters. The first-order valence-corrected chi connectivity index (χ1v) is 10.7. The van der Waals surface area contributed by atoms with Gasteiger partial charge in [0, 0.05) is 29.9 Å². The van der Waals surface area contributed by atoms with E-state index in [0.717, 1.165) is 19.4 Å². The topological polar surface area (TPSA) is 41.6 Å². The van der Waals surface area contributed by atoms with Gasteiger partial charge in [-0.2, -0.15) is 0 Å². The standard InChI is InChI=1S/C24H38N2O2/c1-7-8-9-12-16-24(6)19(2)26(21-15-11-10-14-20(21)24)18-13-17-25-22(27)28-23(3,4)5/h10-11,14-15H,2,7-9,12-13,16-18H2,1,3-6H3,(H,25,27). The summed E-state index contributed by atoms with van der Waals surface area (Å²) in [7, 11) is 0. The first-order chi connectivity index (χ1) is 13.2. The molecular formula is C24H38N2O2. The van der Waals surface area contributed by atoms with Crippen LogP contribution in [0.25, 0.3) is 0 Å². The molecule has 0 bridgehead atoms. The number of nitrogens with zero attached hydrogens (tertiary/aromatic N) is 1. The summed E-state index contributed by atoms with van der Waals surface area (Å²) in [6.45, 7) is 16.1. The van der Waals surface area contributed by atoms with Gasteiger partial charge in [0.25, 0.3) is 0 Å². The van der Waals surface area contributed by atoms with E-state index in [1.165, 1.54) is 42.6 Å². The van der Waals surface area contributed by atoms with E-state index in [1.54, 1.807) is 0 Å². The van der Waals surface area contributed by atoms with Crippen LogP contribution in [0.4, 0.5) is 10.5 Å². The number of allylic oxidation sites excluding steroid dienone is 1. The van der Waals surface area contributed by atoms with Crippen molar-refractivity contribution in [3.63, 3.8) is 0 Å². The SMILES string of the molecule is C=C1N(CCCNC(=O)OC(C)(C)C)c2ccccc2C1(C)CCCCCC. The molecule has 1 heterocycles. The Labute approximate surface area is 171 Å². The van der Waals surface area contributed by atoms with Crippen molar-refractivity contribution in [3.8, 4) is 0 Å². The third-order valence-electron chi connectivity index (χ3n) is 5.51. The van der Waals surface area contributed by atoms with Crippen LogP contribution in [0.1, 0.15) is 78.7 Å². The molecule has 0 fully saturated rings. The molecule has 0 radical (unpaired) electrons. The molecular weight excluding hydrogens is 348 g/mol. The van der Waals surface area contributed by atoms with Gasteiger partial charge >= 0.3 is 6.09 Å². The molecule has 1 aliphatic heterocycles. The number of anilines is 1. The molecule has 0 aromatic heterocycles. The van der Waals surface area contributed by atoms with Crippen molar-refractivity contribution in [2.75, 3.05) is 18.0 Å². The van der Waals surface area contributed by atoms with Crippen LogP contribution in [0.15, 0.2) is 36.5 Å². The van der Waals surface area contributed by atoms with Gasteiger partial charge in [-0.1, -0.05) is 57.4 Å². The summed E-state index contributed by atoms with van der Waals surface area (Å²) in [5.74, 6) is 0. The molecule has 4 heteroatoms. The van der Waals surface area contributed by atoms with Gasteiger partial charge in [0.1, 0.15) is 5.60 Å². The Morgan fingerprint density at radius 2 is 1.89 bits per heavy atom. The van der Waals surface area contributed by atoms with Crippen molar-refractivity contribution in [1.29, 1.82) is 0 Å². The summed E-state index contributed by atoms with van der Waals surface area (Å²) >= 11 is 0. The van der Waals surface area contributed by atoms with E-state index >= 15 is 0 Å². The van der Waals surface area contributed by atoms with Crippen LogP contribution in [-0.2, 0) is 10.2 Å². The van der Waals surface area contributed by atoms with Crippen LogP contribution >= 0.6 is 0 Å². The summed E-state index contributed by atoms with van der Waals surface area (Å²) < 4.78 is 5.30. The molecule has 4 nitrogen and oxygen atoms in total. The van der Waals surface area contributed by atoms with Gasteiger partial charge in [0.15, 0.2) is 0 Å². The van der Waals surface area contributed by atoms with Gasteiger partial charge in [-0.05, 0) is 52.2 Å². The summed E-state index contributed by atoms with van der Waals surface area (Å²) in [5, 5.41) is 2.85. The normalized spacial score (nSPS) is 18.9. The van der Waals surface area contributed by atoms with Gasteiger partial charge in [0.2, 0.25) is 0 Å². The number of amides is 1. The molecule has 0 aliphatic carbocycles. The van der Waals surface area contributed by atoms with E-state index in [1.807, 2.05) is 20.8 Å². The highest BCUT2D eigenvalue weighted by Crippen LogP contribution is 2.49. The molecule has 0 saturated heterocycles. The highest BCUT2D eigenvalue weighted by Gasteiger charge is 2.41. The first kappa shape index (κ1) is 22.3. The number of fused-ring (bicyclic) bond motifs is 1. The van der Waals surface area contributed by atoms with Crippen LogP contribution in [0.3, 0.4) is 0 Å². The fourth-order valence-electron chi connectivity index (χ4n) is 3.96. The Balaban J connectivity index is 1.96. The summed E-state index contributed by atoms with van der Waals surface area (Å²) in [4.78, 5) is 14.2. The number of rotatable bonds is 9. The van der Waals surface area contributed by atoms with Gasteiger partial charge < -0.3 is 15.0 Å². The second-order valence-corrected chi connectivity index (χ2v) is 9.04. The monoisotopic (exact) mass is 386 g/mol. The van der Waals surface area contributed by atoms with Crippen LogP contribution in [-0.4, -0.2) is 24.8 Å². The van der Waals surface area contributed by atoms with E-state index in [2.05, 4.69) is 54.9 Å². The fourth-order valence-corrected chi connectivity index (χ4v) is 3.96. The molecule has 28 heavy (non-hydrogen) atoms. The number of nitrogens with one attached hydrogen (secondary N) is 1. The lowest BCUT2D eigenvalue weighted by atomic mass is 9.77. The van der Waals surface area contributed by atoms with Crippen molar-refractivity contribution < 1.29 is 9.53 Å². The molecule has 0 saturated carbocycles. The molecule has 1 amide bonds. The lowest BCUT2D eigenvalue weighted by Crippen LogP contribution is -2.34. The van der Waals surface area contributed by atoms with E-state index in [4.69, 9.17) is 4.74 Å². The minimum atomic E-state index is -0.466. The van der Waals surface area contributed by atoms with E-state index in [-0.39, 0.29) is 11.5 Å². The van der Waals surface area contributed by atoms with Crippen LogP contribution < -0.4 is 10.2 Å². The van der Waals surface area contributed by atoms with Crippen molar-refractivity contribution in [3.05, 3.63) is 42.1 Å². The van der Waals surface area contributed by atoms with Crippen molar-refractivity contribution >= 4 is 11.8 Å². The Bertz CT molecular complexity index is 677. The maximum absolute atomic E-state index is 11.8. The minimum absolute atomic E-state index is 0.00291. The Morgan fingerprint density at radius 3 is 2.57 bits per heavy atom. The van der Waals surface area contributed by atoms with E-state index < -0.39 is 5.60 Å². The summed E-state index contributed by atoms with van der Waals surface area (Å²) in [6.07, 6.45) is 6.69. The summed E-state index contributed by atoms with van der Waals surface area (Å²) in [6, 6.07) is 8.67. The highest BCUT2D eigenvalue weighted by molar-refractivity contribution is 5.70. The lowest BCUT2D eigenvalue weighted by molar-refractivity contribution is 0.0527. The number of hydrogen-bond acceptors (Lipinski definition) is 3. The van der Waals surface area contributed by atoms with Crippen LogP contribution in [0.5, 0.6) is 0 Å². The molecule has 1 atom stereocenters. The molecule has 156 valence electrons. The zero-order valence-electron chi connectivity index (χ0n) is 18.4. The van der Waals surface area contributed by atoms with Gasteiger partial charge in [-0.25, -0.2) is 4.79 Å². The third-order valence-corrected chi connectivity index (χ3v) is 5.51. The minimum Gasteiger partial charge on any atom is -0.444 e. The average Bonchev–Trinajstić information content (AvgIpc) is 2.83. The van der Waals surface area contributed by atoms with Gasteiger partial charge in [-0.15, -0.1) is 0 Å². The lowest BCUT2D eigenvalue weighted by Gasteiger charge is -2.29. The smallest absolute Gasteiger partial charge is 0.407 e. The largest absolute Gasteiger partial charge is 0.444 e. The number of benzene rings is 1. The predicted molar refractivity (Wildman–Crippen MR) is 118 cm³/mol. The first-order valence-electron chi connectivity index (χ1n) is 10.7. The second kappa shape index (κ2) is 9.49. The number of para-hydroxylation sites is 1. The zero-order valence-corrected chi connectivity index (χ0v) is 18.4. The van der Waals surface area contributed by atoms with Gasteiger partial charge in [0.05, 0.1) is 0 Å². The zero-order chi connectivity index (χ0) is 20.8. The number of ether oxygens (including phenoxy) is 1. The van der Waals surface area contributed by atoms with Crippen LogP contribution in [0.2, 0.25) is 0 Å². The number of carbonyl (C=O) groups is 1. The Kier molecular flexibility index (Phi) is 7.56. The third kappa shape index (κ3) is 5.52. The average molecular weight is 387 g/mol. The molecule has 1 aromatic rings. The fraction of sp³-hybridized carbons (Fsp3) is 0.625. The van der Waals surface area contributed by atoms with E-state index in [0.29, 0.717) is 6.54 Å². The Morgan fingerprint density at radius 1 is 1.18 bits per heavy atom. The molecule has 1 aliphatic rings. The van der Waals surface area contributed by atoms with Gasteiger partial charge in [-0.3, -0.25) is 0 Å². The predicted octanol–water partition coefficient (Wildman–Crippen LogP) is 6.16. The number of carbonyl (C=O) groups excluding carboxylic acids is 1. The second-order valence-electron chi connectivity index (χ2n) is 9.04. The van der Waals surface area contributed by atoms with Crippen LogP contribution in [0, 0.1) is 0 Å². The van der Waals surface area contributed by atoms with Crippen molar-refractivity contribution in [1.82, 2.24) is 5.32 Å². The van der Waals surface area contributed by atoms with Crippen molar-refractivity contribution in [2.45, 2.75) is 84.2 Å². The highest BCUT2D eigenvalue weighted by atomic mass is 16.6. The maximum Gasteiger partial charge on any atom is 0.407 e.